The number of benzene rings is 2. The van der Waals surface area contributed by atoms with Gasteiger partial charge in [0.1, 0.15) is 10.7 Å². The van der Waals surface area contributed by atoms with Crippen molar-refractivity contribution in [1.29, 1.82) is 0 Å². The zero-order valence-corrected chi connectivity index (χ0v) is 18.9. The van der Waals surface area contributed by atoms with Crippen LogP contribution in [0.2, 0.25) is 0 Å². The normalized spacial score (nSPS) is 13.9. The van der Waals surface area contributed by atoms with Gasteiger partial charge in [-0.15, -0.1) is 10.2 Å². The minimum absolute atomic E-state index is 0.114. The summed E-state index contributed by atoms with van der Waals surface area (Å²) in [6, 6.07) is 13.8. The standard InChI is InChI=1S/C21H23N5O3S2/c1-15-5-11-18(12-6-15)31(27,28)26-23-19(21(30)25-13-3-4-14-25)20(24-26)22-16-7-9-17(29-2)10-8-16/h5-12H,3-4,13-14H2,1-2H3,(H,22,24). The predicted octanol–water partition coefficient (Wildman–Crippen LogP) is 3.35. The molecule has 0 spiro atoms. The maximum absolute atomic E-state index is 13.1. The first kappa shape index (κ1) is 21.3. The van der Waals surface area contributed by atoms with Crippen LogP contribution in [0.3, 0.4) is 0 Å². The van der Waals surface area contributed by atoms with Crippen LogP contribution in [0.4, 0.5) is 11.5 Å². The van der Waals surface area contributed by atoms with Crippen molar-refractivity contribution in [2.45, 2.75) is 24.7 Å². The second kappa shape index (κ2) is 8.64. The van der Waals surface area contributed by atoms with E-state index in [-0.39, 0.29) is 10.7 Å². The number of rotatable bonds is 6. The number of aromatic nitrogens is 3. The lowest BCUT2D eigenvalue weighted by atomic mass is 10.2. The number of nitrogens with zero attached hydrogens (tertiary/aromatic N) is 4. The zero-order chi connectivity index (χ0) is 22.0. The lowest BCUT2D eigenvalue weighted by Crippen LogP contribution is -2.28. The van der Waals surface area contributed by atoms with Crippen LogP contribution in [-0.2, 0) is 10.0 Å². The van der Waals surface area contributed by atoms with Crippen molar-refractivity contribution in [3.8, 4) is 5.75 Å². The van der Waals surface area contributed by atoms with Crippen molar-refractivity contribution < 1.29 is 13.2 Å². The molecule has 0 radical (unpaired) electrons. The molecule has 1 N–H and O–H groups in total. The number of hydrogen-bond donors (Lipinski definition) is 1. The van der Waals surface area contributed by atoms with Crippen molar-refractivity contribution in [1.82, 2.24) is 19.3 Å². The van der Waals surface area contributed by atoms with E-state index >= 15 is 0 Å². The van der Waals surface area contributed by atoms with Crippen LogP contribution in [0, 0.1) is 6.92 Å². The largest absolute Gasteiger partial charge is 0.497 e. The summed E-state index contributed by atoms with van der Waals surface area (Å²) in [6.07, 6.45) is 2.08. The summed E-state index contributed by atoms with van der Waals surface area (Å²) in [5.74, 6) is 1.00. The molecule has 1 aliphatic rings. The lowest BCUT2D eigenvalue weighted by molar-refractivity contribution is 0.415. The van der Waals surface area contributed by atoms with Crippen LogP contribution in [0.15, 0.2) is 53.4 Å². The van der Waals surface area contributed by atoms with Gasteiger partial charge < -0.3 is 15.0 Å². The number of anilines is 2. The fraction of sp³-hybridized carbons (Fsp3) is 0.286. The molecule has 0 saturated carbocycles. The Labute approximate surface area is 186 Å². The first-order chi connectivity index (χ1) is 14.9. The van der Waals surface area contributed by atoms with Crippen LogP contribution >= 0.6 is 12.2 Å². The summed E-state index contributed by atoms with van der Waals surface area (Å²) in [7, 11) is -2.37. The van der Waals surface area contributed by atoms with E-state index in [9.17, 15) is 8.42 Å². The van der Waals surface area contributed by atoms with Crippen LogP contribution in [0.5, 0.6) is 5.75 Å². The smallest absolute Gasteiger partial charge is 0.299 e. The molecule has 4 rings (SSSR count). The molecule has 3 aromatic rings. The second-order valence-electron chi connectivity index (χ2n) is 7.29. The molecular weight excluding hydrogens is 434 g/mol. The average Bonchev–Trinajstić information content (AvgIpc) is 3.45. The van der Waals surface area contributed by atoms with Gasteiger partial charge in [-0.3, -0.25) is 0 Å². The Hall–Kier alpha value is -2.98. The van der Waals surface area contributed by atoms with Crippen molar-refractivity contribution in [3.05, 3.63) is 59.8 Å². The number of ether oxygens (including phenoxy) is 1. The molecule has 1 fully saturated rings. The molecule has 0 bridgehead atoms. The van der Waals surface area contributed by atoms with E-state index in [2.05, 4.69) is 15.5 Å². The van der Waals surface area contributed by atoms with Gasteiger partial charge in [-0.2, -0.15) is 8.42 Å². The molecule has 0 atom stereocenters. The Morgan fingerprint density at radius 3 is 2.29 bits per heavy atom. The molecule has 1 aliphatic heterocycles. The van der Waals surface area contributed by atoms with Crippen molar-refractivity contribution in [2.75, 3.05) is 25.5 Å². The Balaban J connectivity index is 1.73. The topological polar surface area (TPSA) is 89.3 Å². The number of hydrogen-bond acceptors (Lipinski definition) is 7. The third kappa shape index (κ3) is 4.40. The van der Waals surface area contributed by atoms with Gasteiger partial charge in [0.2, 0.25) is 0 Å². The number of methoxy groups -OCH3 is 1. The van der Waals surface area contributed by atoms with Gasteiger partial charge in [0, 0.05) is 18.8 Å². The van der Waals surface area contributed by atoms with Crippen molar-refractivity contribution in [2.24, 2.45) is 0 Å². The summed E-state index contributed by atoms with van der Waals surface area (Å²) in [5, 5.41) is 11.7. The summed E-state index contributed by atoms with van der Waals surface area (Å²) < 4.78 is 32.2. The fourth-order valence-electron chi connectivity index (χ4n) is 3.31. The summed E-state index contributed by atoms with van der Waals surface area (Å²) in [6.45, 7) is 3.53. The van der Waals surface area contributed by atoms with Gasteiger partial charge in [0.05, 0.1) is 12.0 Å². The van der Waals surface area contributed by atoms with E-state index in [1.165, 1.54) is 0 Å². The molecule has 10 heteroatoms. The maximum atomic E-state index is 13.1. The van der Waals surface area contributed by atoms with Gasteiger partial charge in [0.25, 0.3) is 10.0 Å². The lowest BCUT2D eigenvalue weighted by Gasteiger charge is -2.17. The fourth-order valence-corrected chi connectivity index (χ4v) is 4.68. The van der Waals surface area contributed by atoms with Crippen LogP contribution < -0.4 is 10.1 Å². The molecule has 0 unspecified atom stereocenters. The van der Waals surface area contributed by atoms with Crippen LogP contribution in [0.25, 0.3) is 0 Å². The number of likely N-dealkylation sites (tertiary alicyclic amines) is 1. The third-order valence-corrected chi connectivity index (χ3v) is 6.99. The molecule has 31 heavy (non-hydrogen) atoms. The molecule has 2 aromatic carbocycles. The monoisotopic (exact) mass is 457 g/mol. The highest BCUT2D eigenvalue weighted by atomic mass is 32.2. The van der Waals surface area contributed by atoms with Crippen LogP contribution in [0.1, 0.15) is 24.1 Å². The number of thiocarbonyl (C=S) groups is 1. The first-order valence-electron chi connectivity index (χ1n) is 9.88. The maximum Gasteiger partial charge on any atom is 0.299 e. The highest BCUT2D eigenvalue weighted by Crippen LogP contribution is 2.24. The molecule has 8 nitrogen and oxygen atoms in total. The molecule has 162 valence electrons. The Morgan fingerprint density at radius 1 is 1.03 bits per heavy atom. The van der Waals surface area contributed by atoms with Gasteiger partial charge in [-0.05, 0) is 56.2 Å². The first-order valence-corrected chi connectivity index (χ1v) is 11.7. The summed E-state index contributed by atoms with van der Waals surface area (Å²) >= 11 is 5.65. The van der Waals surface area contributed by atoms with Gasteiger partial charge in [-0.1, -0.05) is 34.1 Å². The second-order valence-corrected chi connectivity index (χ2v) is 9.43. The van der Waals surface area contributed by atoms with E-state index in [0.717, 1.165) is 35.7 Å². The van der Waals surface area contributed by atoms with E-state index in [1.807, 2.05) is 24.0 Å². The van der Waals surface area contributed by atoms with E-state index in [0.29, 0.717) is 22.1 Å². The van der Waals surface area contributed by atoms with Crippen LogP contribution in [-0.4, -0.2) is 52.9 Å². The summed E-state index contributed by atoms with van der Waals surface area (Å²) in [5.41, 5.74) is 2.01. The van der Waals surface area contributed by atoms with Gasteiger partial charge >= 0.3 is 0 Å². The molecule has 1 saturated heterocycles. The van der Waals surface area contributed by atoms with Gasteiger partial charge in [-0.25, -0.2) is 0 Å². The highest BCUT2D eigenvalue weighted by Gasteiger charge is 2.27. The third-order valence-electron chi connectivity index (χ3n) is 5.08. The molecular formula is C21H23N5O3S2. The summed E-state index contributed by atoms with van der Waals surface area (Å²) in [4.78, 5) is 2.63. The van der Waals surface area contributed by atoms with E-state index in [4.69, 9.17) is 17.0 Å². The average molecular weight is 458 g/mol. The minimum Gasteiger partial charge on any atom is -0.497 e. The van der Waals surface area contributed by atoms with E-state index in [1.54, 1.807) is 43.5 Å². The number of nitrogens with one attached hydrogen (secondary N) is 1. The van der Waals surface area contributed by atoms with Gasteiger partial charge in [0.15, 0.2) is 11.5 Å². The molecule has 2 heterocycles. The van der Waals surface area contributed by atoms with E-state index < -0.39 is 10.0 Å². The predicted molar refractivity (Wildman–Crippen MR) is 123 cm³/mol. The Bertz CT molecular complexity index is 1180. The number of aryl methyl sites for hydroxylation is 1. The SMILES string of the molecule is COc1ccc(Nc2nn(S(=O)(=O)c3ccc(C)cc3)nc2C(=S)N2CCCC2)cc1. The molecule has 1 aromatic heterocycles. The minimum atomic E-state index is -3.96. The molecule has 0 amide bonds. The van der Waals surface area contributed by atoms with Crippen molar-refractivity contribution in [3.63, 3.8) is 0 Å². The molecule has 0 aliphatic carbocycles. The Morgan fingerprint density at radius 2 is 1.68 bits per heavy atom. The van der Waals surface area contributed by atoms with Crippen molar-refractivity contribution >= 4 is 38.7 Å². The quantitative estimate of drug-likeness (QED) is 0.564. The highest BCUT2D eigenvalue weighted by molar-refractivity contribution is 7.89. The Kier molecular flexibility index (Phi) is 5.92. The zero-order valence-electron chi connectivity index (χ0n) is 17.3.